The lowest BCUT2D eigenvalue weighted by Crippen LogP contribution is -2.42. The molecule has 2 aliphatic rings. The third-order valence-corrected chi connectivity index (χ3v) is 3.37. The normalized spacial score (nSPS) is 49.3. The van der Waals surface area contributed by atoms with E-state index < -0.39 is 0 Å². The third-order valence-electron chi connectivity index (χ3n) is 3.37. The predicted molar refractivity (Wildman–Crippen MR) is 45.2 cm³/mol. The number of hydrogen-bond acceptors (Lipinski definition) is 1. The first-order valence-corrected chi connectivity index (χ1v) is 4.57. The van der Waals surface area contributed by atoms with Crippen molar-refractivity contribution in [3.63, 3.8) is 0 Å². The van der Waals surface area contributed by atoms with Crippen LogP contribution in [0.25, 0.3) is 0 Å². The minimum Gasteiger partial charge on any atom is -0.392 e. The van der Waals surface area contributed by atoms with Crippen LogP contribution in [0.15, 0.2) is 12.2 Å². The smallest absolute Gasteiger partial charge is 0.0659 e. The summed E-state index contributed by atoms with van der Waals surface area (Å²) in [5.74, 6) is 0.461. The van der Waals surface area contributed by atoms with Gasteiger partial charge in [0.1, 0.15) is 0 Å². The fraction of sp³-hybridized carbons (Fsp3) is 0.800. The summed E-state index contributed by atoms with van der Waals surface area (Å²) in [6.45, 7) is 2.22. The lowest BCUT2D eigenvalue weighted by molar-refractivity contribution is -0.0322. The molecule has 2 rings (SSSR count). The zero-order valence-electron chi connectivity index (χ0n) is 7.09. The van der Waals surface area contributed by atoms with Crippen molar-refractivity contribution in [3.05, 3.63) is 12.2 Å². The van der Waals surface area contributed by atoms with E-state index in [0.29, 0.717) is 5.92 Å². The molecule has 1 N–H and O–H groups in total. The summed E-state index contributed by atoms with van der Waals surface area (Å²) in [5.41, 5.74) is 0.206. The van der Waals surface area contributed by atoms with Gasteiger partial charge in [0, 0.05) is 5.92 Å². The van der Waals surface area contributed by atoms with Crippen LogP contribution in [0.5, 0.6) is 0 Å². The van der Waals surface area contributed by atoms with Gasteiger partial charge in [0.15, 0.2) is 0 Å². The fourth-order valence-electron chi connectivity index (χ4n) is 2.50. The summed E-state index contributed by atoms with van der Waals surface area (Å²) in [4.78, 5) is 0. The van der Waals surface area contributed by atoms with Crippen molar-refractivity contribution in [2.45, 2.75) is 38.7 Å². The minimum absolute atomic E-state index is 0.0683. The van der Waals surface area contributed by atoms with Crippen LogP contribution in [0.2, 0.25) is 0 Å². The molecule has 0 radical (unpaired) electrons. The van der Waals surface area contributed by atoms with Crippen molar-refractivity contribution in [1.82, 2.24) is 0 Å². The number of allylic oxidation sites excluding steroid dienone is 1. The average molecular weight is 152 g/mol. The molecule has 0 spiro atoms. The van der Waals surface area contributed by atoms with Crippen molar-refractivity contribution in [2.24, 2.45) is 11.3 Å². The van der Waals surface area contributed by atoms with E-state index in [2.05, 4.69) is 19.1 Å². The Bertz CT molecular complexity index is 185. The molecule has 1 nitrogen and oxygen atoms in total. The van der Waals surface area contributed by atoms with Gasteiger partial charge in [0.2, 0.25) is 0 Å². The van der Waals surface area contributed by atoms with Crippen LogP contribution in [0.3, 0.4) is 0 Å². The Hall–Kier alpha value is -0.300. The summed E-state index contributed by atoms with van der Waals surface area (Å²) < 4.78 is 0. The average Bonchev–Trinajstić information content (AvgIpc) is 1.93. The zero-order chi connectivity index (χ0) is 7.90. The number of fused-ring (bicyclic) bond motifs is 2. The van der Waals surface area contributed by atoms with Gasteiger partial charge in [-0.3, -0.25) is 0 Å². The Kier molecular flexibility index (Phi) is 1.57. The van der Waals surface area contributed by atoms with E-state index in [0.717, 1.165) is 6.42 Å². The lowest BCUT2D eigenvalue weighted by atomic mass is 9.64. The Balaban J connectivity index is 2.27. The Labute approximate surface area is 68.1 Å². The first kappa shape index (κ1) is 7.35. The Morgan fingerprint density at radius 3 is 3.00 bits per heavy atom. The van der Waals surface area contributed by atoms with Crippen LogP contribution in [0, 0.1) is 11.3 Å². The van der Waals surface area contributed by atoms with E-state index in [9.17, 15) is 5.11 Å². The molecule has 0 aromatic heterocycles. The van der Waals surface area contributed by atoms with Gasteiger partial charge in [-0.25, -0.2) is 0 Å². The molecule has 0 aliphatic heterocycles. The zero-order valence-corrected chi connectivity index (χ0v) is 7.09. The molecule has 1 saturated carbocycles. The fourth-order valence-corrected chi connectivity index (χ4v) is 2.50. The largest absolute Gasteiger partial charge is 0.392 e. The SMILES string of the molecule is CC12CC=CC(CCC1)C2O. The Morgan fingerprint density at radius 1 is 1.55 bits per heavy atom. The maximum Gasteiger partial charge on any atom is 0.0659 e. The molecular formula is C10H16O. The van der Waals surface area contributed by atoms with E-state index in [-0.39, 0.29) is 11.5 Å². The summed E-state index contributed by atoms with van der Waals surface area (Å²) in [6, 6.07) is 0. The molecule has 3 atom stereocenters. The first-order chi connectivity index (χ1) is 5.22. The molecule has 0 saturated heterocycles. The highest BCUT2D eigenvalue weighted by molar-refractivity contribution is 5.08. The van der Waals surface area contributed by atoms with Gasteiger partial charge in [-0.05, 0) is 24.7 Å². The molecule has 1 heteroatoms. The van der Waals surface area contributed by atoms with E-state index in [1.54, 1.807) is 0 Å². The molecule has 62 valence electrons. The molecule has 1 fully saturated rings. The molecule has 0 aromatic rings. The van der Waals surface area contributed by atoms with Crippen LogP contribution >= 0.6 is 0 Å². The van der Waals surface area contributed by atoms with Gasteiger partial charge >= 0.3 is 0 Å². The van der Waals surface area contributed by atoms with Gasteiger partial charge in [-0.15, -0.1) is 0 Å². The standard InChI is InChI=1S/C10H16O/c1-10-6-2-4-8(9(10)11)5-3-7-10/h2,4,8-9,11H,3,5-7H2,1H3. The third kappa shape index (κ3) is 1.02. The second kappa shape index (κ2) is 2.34. The van der Waals surface area contributed by atoms with E-state index in [1.165, 1.54) is 19.3 Å². The minimum atomic E-state index is -0.0683. The van der Waals surface area contributed by atoms with E-state index in [4.69, 9.17) is 0 Å². The molecule has 2 bridgehead atoms. The molecule has 2 aliphatic carbocycles. The molecule has 11 heavy (non-hydrogen) atoms. The second-order valence-corrected chi connectivity index (χ2v) is 4.29. The second-order valence-electron chi connectivity index (χ2n) is 4.29. The number of aliphatic hydroxyl groups excluding tert-OH is 1. The summed E-state index contributed by atoms with van der Waals surface area (Å²) in [7, 11) is 0. The van der Waals surface area contributed by atoms with E-state index >= 15 is 0 Å². The molecule has 0 heterocycles. The van der Waals surface area contributed by atoms with Crippen molar-refractivity contribution in [2.75, 3.05) is 0 Å². The van der Waals surface area contributed by atoms with Crippen molar-refractivity contribution in [3.8, 4) is 0 Å². The molecule has 3 unspecified atom stereocenters. The summed E-state index contributed by atoms with van der Waals surface area (Å²) >= 11 is 0. The number of rotatable bonds is 0. The van der Waals surface area contributed by atoms with Crippen LogP contribution < -0.4 is 0 Å². The van der Waals surface area contributed by atoms with Crippen molar-refractivity contribution < 1.29 is 5.11 Å². The van der Waals surface area contributed by atoms with Crippen molar-refractivity contribution >= 4 is 0 Å². The van der Waals surface area contributed by atoms with Gasteiger partial charge in [-0.2, -0.15) is 0 Å². The molecular weight excluding hydrogens is 136 g/mol. The quantitative estimate of drug-likeness (QED) is 0.527. The molecule has 0 amide bonds. The Morgan fingerprint density at radius 2 is 2.36 bits per heavy atom. The summed E-state index contributed by atoms with van der Waals surface area (Å²) in [5, 5.41) is 9.90. The number of hydrogen-bond donors (Lipinski definition) is 1. The van der Waals surface area contributed by atoms with Gasteiger partial charge in [-0.1, -0.05) is 25.5 Å². The lowest BCUT2D eigenvalue weighted by Gasteiger charge is -2.44. The van der Waals surface area contributed by atoms with Gasteiger partial charge in [0.05, 0.1) is 6.10 Å². The van der Waals surface area contributed by atoms with Crippen LogP contribution in [0.4, 0.5) is 0 Å². The van der Waals surface area contributed by atoms with E-state index in [1.807, 2.05) is 0 Å². The van der Waals surface area contributed by atoms with Crippen LogP contribution in [0.1, 0.15) is 32.6 Å². The maximum absolute atomic E-state index is 9.90. The monoisotopic (exact) mass is 152 g/mol. The van der Waals surface area contributed by atoms with Crippen molar-refractivity contribution in [1.29, 1.82) is 0 Å². The highest BCUT2D eigenvalue weighted by Crippen LogP contribution is 2.45. The highest BCUT2D eigenvalue weighted by atomic mass is 16.3. The predicted octanol–water partition coefficient (Wildman–Crippen LogP) is 2.11. The van der Waals surface area contributed by atoms with Gasteiger partial charge < -0.3 is 5.11 Å². The maximum atomic E-state index is 9.90. The number of aliphatic hydroxyl groups is 1. The summed E-state index contributed by atoms with van der Waals surface area (Å²) in [6.07, 6.45) is 9.14. The molecule has 0 aromatic carbocycles. The van der Waals surface area contributed by atoms with Crippen LogP contribution in [-0.4, -0.2) is 11.2 Å². The topological polar surface area (TPSA) is 20.2 Å². The van der Waals surface area contributed by atoms with Crippen LogP contribution in [-0.2, 0) is 0 Å². The first-order valence-electron chi connectivity index (χ1n) is 4.57. The van der Waals surface area contributed by atoms with Gasteiger partial charge in [0.25, 0.3) is 0 Å². The highest BCUT2D eigenvalue weighted by Gasteiger charge is 2.41.